The van der Waals surface area contributed by atoms with Gasteiger partial charge >= 0.3 is 0 Å². The van der Waals surface area contributed by atoms with E-state index in [1.54, 1.807) is 11.3 Å². The number of carbonyl (C=O) groups is 2. The van der Waals surface area contributed by atoms with Crippen molar-refractivity contribution in [3.8, 4) is 0 Å². The largest absolute Gasteiger partial charge is 0.339 e. The van der Waals surface area contributed by atoms with Crippen molar-refractivity contribution in [2.75, 3.05) is 25.5 Å². The van der Waals surface area contributed by atoms with Gasteiger partial charge in [-0.3, -0.25) is 9.59 Å². The Hall–Kier alpha value is -2.96. The zero-order valence-electron chi connectivity index (χ0n) is 17.6. The molecule has 0 fully saturated rings. The van der Waals surface area contributed by atoms with Crippen LogP contribution in [0.2, 0.25) is 0 Å². The Morgan fingerprint density at radius 2 is 1.57 bits per heavy atom. The van der Waals surface area contributed by atoms with Crippen molar-refractivity contribution < 1.29 is 14.5 Å². The van der Waals surface area contributed by atoms with Crippen LogP contribution < -0.4 is 15.5 Å². The van der Waals surface area contributed by atoms with Crippen LogP contribution in [0, 0.1) is 13.8 Å². The summed E-state index contributed by atoms with van der Waals surface area (Å²) in [5.74, 6) is -0.190. The van der Waals surface area contributed by atoms with Gasteiger partial charge < -0.3 is 15.5 Å². The zero-order valence-corrected chi connectivity index (χ0v) is 18.4. The SMILES string of the molecule is Cc1cccc(C)c1NC(=O)C[NH+](C)CC(=O)N[C@@H](c1ccccc1)c1cccs1. The summed E-state index contributed by atoms with van der Waals surface area (Å²) >= 11 is 1.62. The lowest BCUT2D eigenvalue weighted by Crippen LogP contribution is -3.11. The van der Waals surface area contributed by atoms with Gasteiger partial charge in [-0.1, -0.05) is 54.6 Å². The Bertz CT molecular complexity index is 967. The van der Waals surface area contributed by atoms with Crippen molar-refractivity contribution in [3.05, 3.63) is 87.6 Å². The van der Waals surface area contributed by atoms with Gasteiger partial charge in [0.1, 0.15) is 0 Å². The summed E-state index contributed by atoms with van der Waals surface area (Å²) in [6, 6.07) is 19.7. The molecule has 1 aromatic heterocycles. The molecule has 1 heterocycles. The number of thiophene rings is 1. The smallest absolute Gasteiger partial charge is 0.279 e. The van der Waals surface area contributed by atoms with Crippen LogP contribution in [0.3, 0.4) is 0 Å². The van der Waals surface area contributed by atoms with Crippen LogP contribution >= 0.6 is 11.3 Å². The van der Waals surface area contributed by atoms with Gasteiger partial charge in [0.2, 0.25) is 0 Å². The molecular formula is C24H28N3O2S+. The molecule has 0 spiro atoms. The molecule has 0 aliphatic rings. The Labute approximate surface area is 181 Å². The van der Waals surface area contributed by atoms with Gasteiger partial charge in [-0.15, -0.1) is 11.3 Å². The first-order valence-electron chi connectivity index (χ1n) is 9.99. The number of amides is 2. The lowest BCUT2D eigenvalue weighted by atomic mass is 10.1. The van der Waals surface area contributed by atoms with Crippen LogP contribution in [0.1, 0.15) is 27.6 Å². The number of rotatable bonds is 8. The van der Waals surface area contributed by atoms with E-state index in [0.717, 1.165) is 32.2 Å². The maximum atomic E-state index is 12.7. The molecule has 2 aromatic carbocycles. The van der Waals surface area contributed by atoms with Gasteiger partial charge in [0.15, 0.2) is 13.1 Å². The van der Waals surface area contributed by atoms with Gasteiger partial charge in [0.25, 0.3) is 11.8 Å². The summed E-state index contributed by atoms with van der Waals surface area (Å²) in [6.07, 6.45) is 0. The molecule has 0 radical (unpaired) electrons. The summed E-state index contributed by atoms with van der Waals surface area (Å²) in [5.41, 5.74) is 3.95. The third-order valence-electron chi connectivity index (χ3n) is 4.94. The number of nitrogens with one attached hydrogen (secondary N) is 3. The number of likely N-dealkylation sites (N-methyl/N-ethyl adjacent to an activating group) is 1. The monoisotopic (exact) mass is 422 g/mol. The summed E-state index contributed by atoms with van der Waals surface area (Å²) in [7, 11) is 1.85. The summed E-state index contributed by atoms with van der Waals surface area (Å²) < 4.78 is 0. The van der Waals surface area contributed by atoms with Crippen LogP contribution in [-0.2, 0) is 9.59 Å². The minimum atomic E-state index is -0.185. The first kappa shape index (κ1) is 21.7. The number of benzene rings is 2. The summed E-state index contributed by atoms with van der Waals surface area (Å²) in [6.45, 7) is 4.38. The molecule has 3 N–H and O–H groups in total. The number of carbonyl (C=O) groups excluding carboxylic acids is 2. The fourth-order valence-electron chi connectivity index (χ4n) is 3.44. The van der Waals surface area contributed by atoms with E-state index in [1.807, 2.05) is 86.9 Å². The summed E-state index contributed by atoms with van der Waals surface area (Å²) in [5, 5.41) is 8.12. The molecule has 2 atom stereocenters. The molecule has 0 saturated heterocycles. The number of aryl methyl sites for hydroxylation is 2. The minimum Gasteiger partial charge on any atom is -0.339 e. The van der Waals surface area contributed by atoms with E-state index in [1.165, 1.54) is 0 Å². The van der Waals surface area contributed by atoms with Crippen LogP contribution in [0.15, 0.2) is 66.0 Å². The number of hydrogen-bond acceptors (Lipinski definition) is 3. The second-order valence-electron chi connectivity index (χ2n) is 7.55. The average molecular weight is 423 g/mol. The van der Waals surface area contributed by atoms with Crippen LogP contribution in [0.5, 0.6) is 0 Å². The Morgan fingerprint density at radius 1 is 0.900 bits per heavy atom. The van der Waals surface area contributed by atoms with E-state index in [0.29, 0.717) is 0 Å². The molecule has 2 amide bonds. The molecule has 0 saturated carbocycles. The maximum absolute atomic E-state index is 12.7. The van der Waals surface area contributed by atoms with Crippen molar-refractivity contribution in [3.63, 3.8) is 0 Å². The van der Waals surface area contributed by atoms with Crippen LogP contribution in [0.25, 0.3) is 0 Å². The quantitative estimate of drug-likeness (QED) is 0.523. The predicted molar refractivity (Wildman–Crippen MR) is 122 cm³/mol. The first-order valence-corrected chi connectivity index (χ1v) is 10.9. The normalized spacial score (nSPS) is 12.8. The molecule has 0 aliphatic carbocycles. The average Bonchev–Trinajstić information content (AvgIpc) is 3.24. The molecule has 6 heteroatoms. The zero-order chi connectivity index (χ0) is 21.5. The fourth-order valence-corrected chi connectivity index (χ4v) is 4.24. The van der Waals surface area contributed by atoms with Crippen LogP contribution in [-0.4, -0.2) is 32.0 Å². The predicted octanol–water partition coefficient (Wildman–Crippen LogP) is 2.72. The van der Waals surface area contributed by atoms with E-state index in [2.05, 4.69) is 10.6 Å². The number of para-hydroxylation sites is 1. The molecule has 1 unspecified atom stereocenters. The highest BCUT2D eigenvalue weighted by Gasteiger charge is 2.21. The third-order valence-corrected chi connectivity index (χ3v) is 5.87. The first-order chi connectivity index (χ1) is 14.4. The number of anilines is 1. The van der Waals surface area contributed by atoms with Gasteiger partial charge in [0.05, 0.1) is 13.1 Å². The van der Waals surface area contributed by atoms with Gasteiger partial charge in [0, 0.05) is 10.6 Å². The maximum Gasteiger partial charge on any atom is 0.279 e. The van der Waals surface area contributed by atoms with E-state index in [-0.39, 0.29) is 30.9 Å². The topological polar surface area (TPSA) is 62.6 Å². The van der Waals surface area contributed by atoms with E-state index in [9.17, 15) is 9.59 Å². The van der Waals surface area contributed by atoms with Gasteiger partial charge in [-0.05, 0) is 42.0 Å². The molecule has 0 bridgehead atoms. The molecule has 3 rings (SSSR count). The van der Waals surface area contributed by atoms with E-state index in [4.69, 9.17) is 0 Å². The van der Waals surface area contributed by atoms with E-state index >= 15 is 0 Å². The molecule has 156 valence electrons. The third kappa shape index (κ3) is 5.78. The molecule has 5 nitrogen and oxygen atoms in total. The van der Waals surface area contributed by atoms with Crippen molar-refractivity contribution >= 4 is 28.8 Å². The van der Waals surface area contributed by atoms with Crippen molar-refractivity contribution in [2.45, 2.75) is 19.9 Å². The van der Waals surface area contributed by atoms with Crippen molar-refractivity contribution in [1.82, 2.24) is 5.32 Å². The fraction of sp³-hybridized carbons (Fsp3) is 0.250. The number of hydrogen-bond donors (Lipinski definition) is 3. The Kier molecular flexibility index (Phi) is 7.38. The van der Waals surface area contributed by atoms with Gasteiger partial charge in [-0.2, -0.15) is 0 Å². The summed E-state index contributed by atoms with van der Waals surface area (Å²) in [4.78, 5) is 27.1. The van der Waals surface area contributed by atoms with Crippen molar-refractivity contribution in [1.29, 1.82) is 0 Å². The highest BCUT2D eigenvalue weighted by atomic mass is 32.1. The highest BCUT2D eigenvalue weighted by Crippen LogP contribution is 2.25. The molecule has 3 aromatic rings. The van der Waals surface area contributed by atoms with E-state index < -0.39 is 0 Å². The van der Waals surface area contributed by atoms with Crippen molar-refractivity contribution in [2.24, 2.45) is 0 Å². The lowest BCUT2D eigenvalue weighted by molar-refractivity contribution is -0.862. The standard InChI is InChI=1S/C24H27N3O2S/c1-17-9-7-10-18(2)23(17)25-21(28)15-27(3)16-22(29)26-24(20-13-8-14-30-20)19-11-5-4-6-12-19/h4-14,24H,15-16H2,1-3H3,(H,25,28)(H,26,29)/p+1/t24-/m0/s1. The molecule has 0 aliphatic heterocycles. The molecule has 30 heavy (non-hydrogen) atoms. The molecular weight excluding hydrogens is 394 g/mol. The Balaban J connectivity index is 1.58. The Morgan fingerprint density at radius 3 is 2.20 bits per heavy atom. The second-order valence-corrected chi connectivity index (χ2v) is 8.53. The minimum absolute atomic E-state index is 0.0883. The lowest BCUT2D eigenvalue weighted by Gasteiger charge is -2.20. The van der Waals surface area contributed by atoms with Crippen LogP contribution in [0.4, 0.5) is 5.69 Å². The van der Waals surface area contributed by atoms with Gasteiger partial charge in [-0.25, -0.2) is 0 Å². The number of quaternary nitrogens is 1. The highest BCUT2D eigenvalue weighted by molar-refractivity contribution is 7.10. The second kappa shape index (κ2) is 10.2.